The molecule has 6 nitrogen and oxygen atoms in total. The second-order valence-electron chi connectivity index (χ2n) is 10.8. The van der Waals surface area contributed by atoms with Gasteiger partial charge >= 0.3 is 0 Å². The summed E-state index contributed by atoms with van der Waals surface area (Å²) >= 11 is 0. The fourth-order valence-corrected chi connectivity index (χ4v) is 6.62. The van der Waals surface area contributed by atoms with Crippen molar-refractivity contribution in [2.45, 2.75) is 57.8 Å². The van der Waals surface area contributed by atoms with Gasteiger partial charge < -0.3 is 20.3 Å². The van der Waals surface area contributed by atoms with Crippen molar-refractivity contribution in [3.8, 4) is 5.75 Å². The number of carbonyl (C=O) groups excluding carboxylic acids is 2. The van der Waals surface area contributed by atoms with E-state index in [2.05, 4.69) is 37.9 Å². The van der Waals surface area contributed by atoms with Gasteiger partial charge in [0, 0.05) is 31.6 Å². The molecule has 2 atom stereocenters. The van der Waals surface area contributed by atoms with Gasteiger partial charge in [-0.25, -0.2) is 0 Å². The third-order valence-corrected chi connectivity index (χ3v) is 8.46. The van der Waals surface area contributed by atoms with E-state index in [0.717, 1.165) is 64.0 Å². The number of fused-ring (bicyclic) bond motifs is 2. The van der Waals surface area contributed by atoms with Crippen molar-refractivity contribution in [2.24, 2.45) is 23.0 Å². The van der Waals surface area contributed by atoms with Crippen LogP contribution in [0.15, 0.2) is 24.3 Å². The van der Waals surface area contributed by atoms with Crippen LogP contribution in [0.4, 0.5) is 0 Å². The lowest BCUT2D eigenvalue weighted by Gasteiger charge is -2.51. The van der Waals surface area contributed by atoms with Crippen LogP contribution in [-0.4, -0.2) is 61.4 Å². The van der Waals surface area contributed by atoms with Crippen LogP contribution in [-0.2, 0) is 15.0 Å². The van der Waals surface area contributed by atoms with Crippen LogP contribution < -0.4 is 10.5 Å². The summed E-state index contributed by atoms with van der Waals surface area (Å²) in [5, 5.41) is 0. The first-order valence-corrected chi connectivity index (χ1v) is 12.2. The van der Waals surface area contributed by atoms with Gasteiger partial charge in [0.2, 0.25) is 5.91 Å². The highest BCUT2D eigenvalue weighted by Gasteiger charge is 2.49. The standard InChI is InChI=1S/C26H39N3O3/c1-4-26(16-19-13-20(17-26)15-25(2,14-19)24(27)31)21-5-7-22(8-6-21)32-18-23(30)29-11-9-28(3)10-12-29/h5-8,19-20H,4,9-18H2,1-3H3,(H2,27,31). The van der Waals surface area contributed by atoms with E-state index in [4.69, 9.17) is 10.5 Å². The third kappa shape index (κ3) is 4.66. The summed E-state index contributed by atoms with van der Waals surface area (Å²) in [4.78, 5) is 28.6. The van der Waals surface area contributed by atoms with Crippen molar-refractivity contribution < 1.29 is 14.3 Å². The predicted molar refractivity (Wildman–Crippen MR) is 125 cm³/mol. The molecule has 176 valence electrons. The van der Waals surface area contributed by atoms with Crippen LogP contribution in [0.25, 0.3) is 0 Å². The zero-order valence-corrected chi connectivity index (χ0v) is 19.9. The molecule has 4 rings (SSSR count). The number of amides is 2. The van der Waals surface area contributed by atoms with Gasteiger partial charge in [-0.05, 0) is 80.5 Å². The molecule has 2 bridgehead atoms. The van der Waals surface area contributed by atoms with Crippen LogP contribution in [0.1, 0.15) is 57.9 Å². The lowest BCUT2D eigenvalue weighted by Crippen LogP contribution is -2.48. The lowest BCUT2D eigenvalue weighted by molar-refractivity contribution is -0.135. The topological polar surface area (TPSA) is 75.9 Å². The van der Waals surface area contributed by atoms with Gasteiger partial charge in [0.15, 0.2) is 6.61 Å². The summed E-state index contributed by atoms with van der Waals surface area (Å²) < 4.78 is 5.83. The largest absolute Gasteiger partial charge is 0.484 e. The van der Waals surface area contributed by atoms with E-state index in [9.17, 15) is 9.59 Å². The number of primary amides is 1. The maximum atomic E-state index is 12.5. The van der Waals surface area contributed by atoms with Crippen LogP contribution in [0.2, 0.25) is 0 Å². The highest BCUT2D eigenvalue weighted by Crippen LogP contribution is 2.56. The number of benzene rings is 1. The summed E-state index contributed by atoms with van der Waals surface area (Å²) in [5.41, 5.74) is 6.92. The van der Waals surface area contributed by atoms with Crippen LogP contribution in [0.3, 0.4) is 0 Å². The van der Waals surface area contributed by atoms with Crippen LogP contribution in [0.5, 0.6) is 5.75 Å². The van der Waals surface area contributed by atoms with E-state index >= 15 is 0 Å². The molecule has 3 aliphatic rings. The highest BCUT2D eigenvalue weighted by molar-refractivity contribution is 5.80. The molecule has 32 heavy (non-hydrogen) atoms. The van der Waals surface area contributed by atoms with Crippen molar-refractivity contribution in [3.05, 3.63) is 29.8 Å². The lowest BCUT2D eigenvalue weighted by atomic mass is 9.53. The Hall–Kier alpha value is -2.08. The Morgan fingerprint density at radius 3 is 2.16 bits per heavy atom. The number of likely N-dealkylation sites (N-methyl/N-ethyl adjacent to an activating group) is 1. The monoisotopic (exact) mass is 441 g/mol. The molecule has 6 heteroatoms. The molecule has 2 unspecified atom stereocenters. The van der Waals surface area contributed by atoms with Crippen molar-refractivity contribution in [2.75, 3.05) is 39.8 Å². The number of hydrogen-bond acceptors (Lipinski definition) is 4. The van der Waals surface area contributed by atoms with Crippen LogP contribution >= 0.6 is 0 Å². The first-order valence-electron chi connectivity index (χ1n) is 12.2. The summed E-state index contributed by atoms with van der Waals surface area (Å²) in [6.07, 6.45) is 6.37. The molecule has 1 saturated heterocycles. The minimum Gasteiger partial charge on any atom is -0.484 e. The smallest absolute Gasteiger partial charge is 0.260 e. The molecule has 2 amide bonds. The normalized spacial score (nSPS) is 33.0. The van der Waals surface area contributed by atoms with E-state index < -0.39 is 0 Å². The second-order valence-corrected chi connectivity index (χ2v) is 10.8. The Kier molecular flexibility index (Phi) is 6.53. The zero-order chi connectivity index (χ0) is 22.9. The molecule has 0 spiro atoms. The van der Waals surface area contributed by atoms with Crippen molar-refractivity contribution in [1.82, 2.24) is 9.80 Å². The molecule has 2 N–H and O–H groups in total. The average molecular weight is 442 g/mol. The van der Waals surface area contributed by atoms with Gasteiger partial charge in [-0.1, -0.05) is 26.0 Å². The van der Waals surface area contributed by atoms with Gasteiger partial charge in [-0.3, -0.25) is 9.59 Å². The molecule has 1 aromatic carbocycles. The molecule has 0 radical (unpaired) electrons. The minimum absolute atomic E-state index is 0.0600. The zero-order valence-electron chi connectivity index (χ0n) is 19.9. The van der Waals surface area contributed by atoms with Crippen molar-refractivity contribution >= 4 is 11.8 Å². The quantitative estimate of drug-likeness (QED) is 0.736. The maximum Gasteiger partial charge on any atom is 0.260 e. The van der Waals surface area contributed by atoms with Crippen LogP contribution in [0, 0.1) is 17.3 Å². The molecule has 0 aromatic heterocycles. The first-order chi connectivity index (χ1) is 15.2. The van der Waals surface area contributed by atoms with Gasteiger partial charge in [-0.2, -0.15) is 0 Å². The molecule has 2 aliphatic carbocycles. The van der Waals surface area contributed by atoms with E-state index in [-0.39, 0.29) is 29.3 Å². The number of ether oxygens (including phenoxy) is 1. The fraction of sp³-hybridized carbons (Fsp3) is 0.692. The number of nitrogens with zero attached hydrogens (tertiary/aromatic N) is 2. The highest BCUT2D eigenvalue weighted by atomic mass is 16.5. The first kappa shape index (κ1) is 23.1. The van der Waals surface area contributed by atoms with Gasteiger partial charge in [0.25, 0.3) is 5.91 Å². The average Bonchev–Trinajstić information content (AvgIpc) is 2.77. The Bertz CT molecular complexity index is 815. The number of piperazine rings is 1. The number of rotatable bonds is 6. The second kappa shape index (κ2) is 9.05. The summed E-state index contributed by atoms with van der Waals surface area (Å²) in [6.45, 7) is 7.82. The Balaban J connectivity index is 1.39. The SMILES string of the molecule is CCC1(c2ccc(OCC(=O)N3CCN(C)CC3)cc2)CC2CC(CC(C)(C(N)=O)C2)C1. The van der Waals surface area contributed by atoms with Gasteiger partial charge in [0.1, 0.15) is 5.75 Å². The van der Waals surface area contributed by atoms with E-state index in [1.807, 2.05) is 17.0 Å². The van der Waals surface area contributed by atoms with Gasteiger partial charge in [-0.15, -0.1) is 0 Å². The fourth-order valence-electron chi connectivity index (χ4n) is 6.62. The molecule has 1 heterocycles. The molecule has 2 saturated carbocycles. The number of nitrogens with two attached hydrogens (primary N) is 1. The van der Waals surface area contributed by atoms with E-state index in [1.165, 1.54) is 12.0 Å². The summed E-state index contributed by atoms with van der Waals surface area (Å²) in [5.74, 6) is 1.78. The molecule has 3 fully saturated rings. The molecular weight excluding hydrogens is 402 g/mol. The number of carbonyl (C=O) groups is 2. The summed E-state index contributed by atoms with van der Waals surface area (Å²) in [7, 11) is 2.08. The summed E-state index contributed by atoms with van der Waals surface area (Å²) in [6, 6.07) is 8.41. The Morgan fingerprint density at radius 2 is 1.62 bits per heavy atom. The van der Waals surface area contributed by atoms with Crippen molar-refractivity contribution in [3.63, 3.8) is 0 Å². The minimum atomic E-state index is -0.346. The molecule has 1 aromatic rings. The maximum absolute atomic E-state index is 12.5. The number of hydrogen-bond donors (Lipinski definition) is 1. The Labute approximate surface area is 192 Å². The van der Waals surface area contributed by atoms with Gasteiger partial charge in [0.05, 0.1) is 0 Å². The molecular formula is C26H39N3O3. The molecule has 1 aliphatic heterocycles. The van der Waals surface area contributed by atoms with E-state index in [0.29, 0.717) is 11.8 Å². The Morgan fingerprint density at radius 1 is 1.03 bits per heavy atom. The predicted octanol–water partition coefficient (Wildman–Crippen LogP) is 3.19. The third-order valence-electron chi connectivity index (χ3n) is 8.46. The van der Waals surface area contributed by atoms with Crippen molar-refractivity contribution in [1.29, 1.82) is 0 Å². The van der Waals surface area contributed by atoms with E-state index in [1.54, 1.807) is 0 Å².